The number of hydrogen-bond donors (Lipinski definition) is 2. The van der Waals surface area contributed by atoms with Gasteiger partial charge in [0.1, 0.15) is 12.7 Å². The topological polar surface area (TPSA) is 98.7 Å². The van der Waals surface area contributed by atoms with Crippen LogP contribution in [0.5, 0.6) is 0 Å². The zero-order valence-electron chi connectivity index (χ0n) is 12.2. The fraction of sp³-hybridized carbons (Fsp3) is 0.429. The summed E-state index contributed by atoms with van der Waals surface area (Å²) in [7, 11) is 0. The highest BCUT2D eigenvalue weighted by Crippen LogP contribution is 2.14. The summed E-state index contributed by atoms with van der Waals surface area (Å²) in [6.07, 6.45) is 5.37. The van der Waals surface area contributed by atoms with Crippen LogP contribution in [0.4, 0.5) is 5.69 Å². The predicted octanol–water partition coefficient (Wildman–Crippen LogP) is 1.22. The molecule has 7 heteroatoms. The van der Waals surface area contributed by atoms with Crippen molar-refractivity contribution in [3.05, 3.63) is 31.0 Å². The molecule has 2 aromatic heterocycles. The SMILES string of the molecule is CC(C)CC(CN)C(=O)Nc1ccc(-n2cncn2)nc1. The lowest BCUT2D eigenvalue weighted by Crippen LogP contribution is -2.30. The van der Waals surface area contributed by atoms with Crippen LogP contribution in [0.25, 0.3) is 5.82 Å². The summed E-state index contributed by atoms with van der Waals surface area (Å²) in [5.41, 5.74) is 6.31. The summed E-state index contributed by atoms with van der Waals surface area (Å²) in [5.74, 6) is 0.821. The van der Waals surface area contributed by atoms with Crippen molar-refractivity contribution in [2.24, 2.45) is 17.6 Å². The lowest BCUT2D eigenvalue weighted by atomic mass is 9.96. The molecule has 0 bridgehead atoms. The third-order valence-corrected chi connectivity index (χ3v) is 3.08. The number of aromatic nitrogens is 4. The molecule has 2 heterocycles. The lowest BCUT2D eigenvalue weighted by molar-refractivity contribution is -0.120. The van der Waals surface area contributed by atoms with E-state index in [9.17, 15) is 4.79 Å². The highest BCUT2D eigenvalue weighted by atomic mass is 16.1. The number of hydrogen-bond acceptors (Lipinski definition) is 5. The molecule has 7 nitrogen and oxygen atoms in total. The van der Waals surface area contributed by atoms with Crippen molar-refractivity contribution in [1.82, 2.24) is 19.7 Å². The van der Waals surface area contributed by atoms with E-state index in [-0.39, 0.29) is 11.8 Å². The number of anilines is 1. The van der Waals surface area contributed by atoms with E-state index in [4.69, 9.17) is 5.73 Å². The van der Waals surface area contributed by atoms with Gasteiger partial charge in [-0.15, -0.1) is 0 Å². The second-order valence-electron chi connectivity index (χ2n) is 5.30. The number of nitrogens with one attached hydrogen (secondary N) is 1. The normalized spacial score (nSPS) is 12.4. The molecule has 0 aliphatic heterocycles. The minimum atomic E-state index is -0.181. The second kappa shape index (κ2) is 6.94. The van der Waals surface area contributed by atoms with Crippen LogP contribution < -0.4 is 11.1 Å². The summed E-state index contributed by atoms with van der Waals surface area (Å²) in [4.78, 5) is 20.2. The Morgan fingerprint density at radius 2 is 2.24 bits per heavy atom. The Bertz CT molecular complexity index is 564. The summed E-state index contributed by atoms with van der Waals surface area (Å²) < 4.78 is 1.55. The number of carbonyl (C=O) groups excluding carboxylic acids is 1. The van der Waals surface area contributed by atoms with Crippen LogP contribution in [0.2, 0.25) is 0 Å². The molecule has 2 rings (SSSR count). The van der Waals surface area contributed by atoms with E-state index in [1.807, 2.05) is 0 Å². The number of nitrogens with two attached hydrogens (primary N) is 1. The van der Waals surface area contributed by atoms with Crippen molar-refractivity contribution in [1.29, 1.82) is 0 Å². The predicted molar refractivity (Wildman–Crippen MR) is 79.8 cm³/mol. The average molecular weight is 288 g/mol. The maximum atomic E-state index is 12.1. The molecule has 3 N–H and O–H groups in total. The Balaban J connectivity index is 2.01. The molecule has 1 unspecified atom stereocenters. The monoisotopic (exact) mass is 288 g/mol. The number of pyridine rings is 1. The van der Waals surface area contributed by atoms with E-state index in [0.29, 0.717) is 24.0 Å². The number of rotatable bonds is 6. The number of nitrogens with zero attached hydrogens (tertiary/aromatic N) is 4. The number of amides is 1. The molecule has 1 atom stereocenters. The van der Waals surface area contributed by atoms with Crippen molar-refractivity contribution in [3.63, 3.8) is 0 Å². The first-order valence-corrected chi connectivity index (χ1v) is 6.92. The lowest BCUT2D eigenvalue weighted by Gasteiger charge is -2.16. The largest absolute Gasteiger partial charge is 0.330 e. The first kappa shape index (κ1) is 15.1. The van der Waals surface area contributed by atoms with Gasteiger partial charge in [0, 0.05) is 6.54 Å². The fourth-order valence-corrected chi connectivity index (χ4v) is 2.05. The van der Waals surface area contributed by atoms with Gasteiger partial charge in [-0.2, -0.15) is 5.10 Å². The Hall–Kier alpha value is -2.28. The highest BCUT2D eigenvalue weighted by molar-refractivity contribution is 5.92. The summed E-state index contributed by atoms with van der Waals surface area (Å²) in [6.45, 7) is 4.49. The van der Waals surface area contributed by atoms with Gasteiger partial charge in [0.15, 0.2) is 5.82 Å². The Morgan fingerprint density at radius 3 is 2.76 bits per heavy atom. The van der Waals surface area contributed by atoms with Gasteiger partial charge in [0.2, 0.25) is 5.91 Å². The first-order chi connectivity index (χ1) is 10.1. The van der Waals surface area contributed by atoms with Crippen LogP contribution in [0.1, 0.15) is 20.3 Å². The van der Waals surface area contributed by atoms with Crippen molar-refractivity contribution in [2.45, 2.75) is 20.3 Å². The van der Waals surface area contributed by atoms with Crippen molar-refractivity contribution in [3.8, 4) is 5.82 Å². The van der Waals surface area contributed by atoms with E-state index >= 15 is 0 Å². The van der Waals surface area contributed by atoms with Crippen molar-refractivity contribution in [2.75, 3.05) is 11.9 Å². The van der Waals surface area contributed by atoms with E-state index in [0.717, 1.165) is 6.42 Å². The van der Waals surface area contributed by atoms with E-state index in [1.165, 1.54) is 6.33 Å². The van der Waals surface area contributed by atoms with Crippen LogP contribution in [-0.2, 0) is 4.79 Å². The van der Waals surface area contributed by atoms with Crippen molar-refractivity contribution >= 4 is 11.6 Å². The van der Waals surface area contributed by atoms with Gasteiger partial charge < -0.3 is 11.1 Å². The quantitative estimate of drug-likeness (QED) is 0.832. The minimum absolute atomic E-state index is 0.0681. The van der Waals surface area contributed by atoms with E-state index in [1.54, 1.807) is 29.3 Å². The van der Waals surface area contributed by atoms with Gasteiger partial charge in [-0.05, 0) is 24.5 Å². The molecule has 0 saturated carbocycles. The van der Waals surface area contributed by atoms with E-state index in [2.05, 4.69) is 34.2 Å². The van der Waals surface area contributed by atoms with Gasteiger partial charge in [-0.3, -0.25) is 4.79 Å². The average Bonchev–Trinajstić information content (AvgIpc) is 2.99. The zero-order valence-corrected chi connectivity index (χ0v) is 12.2. The van der Waals surface area contributed by atoms with Gasteiger partial charge in [0.05, 0.1) is 17.8 Å². The smallest absolute Gasteiger partial charge is 0.228 e. The molecule has 0 saturated heterocycles. The van der Waals surface area contributed by atoms with Crippen LogP contribution in [-0.4, -0.2) is 32.2 Å². The summed E-state index contributed by atoms with van der Waals surface area (Å²) >= 11 is 0. The molecule has 21 heavy (non-hydrogen) atoms. The fourth-order valence-electron chi connectivity index (χ4n) is 2.05. The molecule has 0 spiro atoms. The molecule has 0 aliphatic carbocycles. The van der Waals surface area contributed by atoms with Crippen LogP contribution in [0.15, 0.2) is 31.0 Å². The molecule has 112 valence electrons. The van der Waals surface area contributed by atoms with Gasteiger partial charge in [-0.25, -0.2) is 14.6 Å². The van der Waals surface area contributed by atoms with Crippen LogP contribution in [0, 0.1) is 11.8 Å². The van der Waals surface area contributed by atoms with Gasteiger partial charge in [-0.1, -0.05) is 13.8 Å². The molecule has 1 amide bonds. The minimum Gasteiger partial charge on any atom is -0.330 e. The third kappa shape index (κ3) is 4.09. The Kier molecular flexibility index (Phi) is 4.99. The molecular weight excluding hydrogens is 268 g/mol. The van der Waals surface area contributed by atoms with Crippen LogP contribution >= 0.6 is 0 Å². The molecule has 0 radical (unpaired) electrons. The summed E-state index contributed by atoms with van der Waals surface area (Å²) in [5, 5.41) is 6.83. The van der Waals surface area contributed by atoms with E-state index < -0.39 is 0 Å². The highest BCUT2D eigenvalue weighted by Gasteiger charge is 2.18. The van der Waals surface area contributed by atoms with Crippen LogP contribution in [0.3, 0.4) is 0 Å². The first-order valence-electron chi connectivity index (χ1n) is 6.92. The van der Waals surface area contributed by atoms with Gasteiger partial charge in [0.25, 0.3) is 0 Å². The molecule has 0 aromatic carbocycles. The third-order valence-electron chi connectivity index (χ3n) is 3.08. The van der Waals surface area contributed by atoms with Crippen molar-refractivity contribution < 1.29 is 4.79 Å². The number of carbonyl (C=O) groups is 1. The Morgan fingerprint density at radius 1 is 1.43 bits per heavy atom. The zero-order chi connectivity index (χ0) is 15.2. The van der Waals surface area contributed by atoms with Gasteiger partial charge >= 0.3 is 0 Å². The Labute approximate surface area is 123 Å². The maximum absolute atomic E-state index is 12.1. The molecule has 0 aliphatic rings. The molecule has 0 fully saturated rings. The molecule has 2 aromatic rings. The second-order valence-corrected chi connectivity index (χ2v) is 5.30. The maximum Gasteiger partial charge on any atom is 0.228 e. The summed E-state index contributed by atoms with van der Waals surface area (Å²) in [6, 6.07) is 3.55. The standard InChI is InChI=1S/C14H20N6O/c1-10(2)5-11(6-15)14(21)19-12-3-4-13(17-7-12)20-9-16-8-18-20/h3-4,7-11H,5-6,15H2,1-2H3,(H,19,21). The molecular formula is C14H20N6O.